The van der Waals surface area contributed by atoms with Crippen LogP contribution in [0.4, 0.5) is 4.39 Å². The van der Waals surface area contributed by atoms with Gasteiger partial charge in [-0.25, -0.2) is 9.49 Å². The van der Waals surface area contributed by atoms with E-state index in [1.807, 2.05) is 36.4 Å². The summed E-state index contributed by atoms with van der Waals surface area (Å²) in [6, 6.07) is 20.3. The van der Waals surface area contributed by atoms with Crippen LogP contribution >= 0.6 is 12.2 Å². The zero-order chi connectivity index (χ0) is 17.2. The standard InChI is InChI=1S/C19H13FN4S/c20-17-7-3-6-16(11-17)18-22-23-19(25)24(18)21-12-13-8-9-14-4-1-2-5-15(14)10-13/h1-12H,(H,23,25)/b21-12-. The van der Waals surface area contributed by atoms with Crippen LogP contribution in [0, 0.1) is 10.6 Å². The van der Waals surface area contributed by atoms with Crippen LogP contribution in [0.2, 0.25) is 0 Å². The first-order valence-corrected chi connectivity index (χ1v) is 8.08. The lowest BCUT2D eigenvalue weighted by molar-refractivity contribution is 0.628. The minimum atomic E-state index is -0.337. The highest BCUT2D eigenvalue weighted by molar-refractivity contribution is 7.71. The maximum absolute atomic E-state index is 13.5. The third-order valence-corrected chi connectivity index (χ3v) is 4.09. The lowest BCUT2D eigenvalue weighted by Gasteiger charge is -2.02. The van der Waals surface area contributed by atoms with Gasteiger partial charge < -0.3 is 0 Å². The van der Waals surface area contributed by atoms with Gasteiger partial charge in [0.15, 0.2) is 5.82 Å². The number of benzene rings is 3. The van der Waals surface area contributed by atoms with Crippen molar-refractivity contribution >= 4 is 29.2 Å². The minimum absolute atomic E-state index is 0.337. The number of halogens is 1. The summed E-state index contributed by atoms with van der Waals surface area (Å²) in [5.74, 6) is 0.123. The Kier molecular flexibility index (Phi) is 3.95. The number of hydrogen-bond donors (Lipinski definition) is 1. The van der Waals surface area contributed by atoms with E-state index in [4.69, 9.17) is 12.2 Å². The summed E-state index contributed by atoms with van der Waals surface area (Å²) >= 11 is 5.24. The van der Waals surface area contributed by atoms with Crippen LogP contribution in [0.1, 0.15) is 5.56 Å². The van der Waals surface area contributed by atoms with E-state index in [-0.39, 0.29) is 5.82 Å². The molecule has 122 valence electrons. The fourth-order valence-corrected chi connectivity index (χ4v) is 2.80. The van der Waals surface area contributed by atoms with Crippen molar-refractivity contribution in [3.05, 3.63) is 82.9 Å². The number of H-pyrrole nitrogens is 1. The third kappa shape index (κ3) is 3.12. The predicted octanol–water partition coefficient (Wildman–Crippen LogP) is 4.78. The van der Waals surface area contributed by atoms with Gasteiger partial charge in [-0.1, -0.05) is 48.5 Å². The number of hydrogen-bond acceptors (Lipinski definition) is 3. The van der Waals surface area contributed by atoms with Gasteiger partial charge >= 0.3 is 0 Å². The molecule has 1 aromatic heterocycles. The molecule has 25 heavy (non-hydrogen) atoms. The first kappa shape index (κ1) is 15.4. The van der Waals surface area contributed by atoms with Gasteiger partial charge in [0.2, 0.25) is 4.77 Å². The predicted molar refractivity (Wildman–Crippen MR) is 99.7 cm³/mol. The molecular formula is C19H13FN4S. The highest BCUT2D eigenvalue weighted by atomic mass is 32.1. The Labute approximate surface area is 148 Å². The molecule has 0 fully saturated rings. The minimum Gasteiger partial charge on any atom is -0.250 e. The van der Waals surface area contributed by atoms with E-state index in [2.05, 4.69) is 21.4 Å². The van der Waals surface area contributed by atoms with Crippen molar-refractivity contribution in [2.75, 3.05) is 0 Å². The Morgan fingerprint density at radius 2 is 1.84 bits per heavy atom. The average Bonchev–Trinajstić information content (AvgIpc) is 3.00. The molecule has 1 heterocycles. The van der Waals surface area contributed by atoms with Gasteiger partial charge in [-0.15, -0.1) is 0 Å². The lowest BCUT2D eigenvalue weighted by atomic mass is 10.1. The van der Waals surface area contributed by atoms with Crippen LogP contribution in [0.3, 0.4) is 0 Å². The van der Waals surface area contributed by atoms with Gasteiger partial charge in [0.25, 0.3) is 0 Å². The molecule has 0 aliphatic heterocycles. The first-order valence-electron chi connectivity index (χ1n) is 7.67. The second-order valence-corrected chi connectivity index (χ2v) is 5.91. The largest absolute Gasteiger partial charge is 0.250 e. The van der Waals surface area contributed by atoms with Crippen molar-refractivity contribution in [3.8, 4) is 11.4 Å². The second kappa shape index (κ2) is 6.41. The van der Waals surface area contributed by atoms with Crippen LogP contribution < -0.4 is 0 Å². The maximum atomic E-state index is 13.5. The molecule has 4 nitrogen and oxygen atoms in total. The van der Waals surface area contributed by atoms with Crippen LogP contribution in [0.25, 0.3) is 22.2 Å². The van der Waals surface area contributed by atoms with Crippen molar-refractivity contribution in [3.63, 3.8) is 0 Å². The van der Waals surface area contributed by atoms with Crippen molar-refractivity contribution in [1.82, 2.24) is 14.9 Å². The Morgan fingerprint density at radius 3 is 2.68 bits per heavy atom. The normalized spacial score (nSPS) is 11.4. The molecular weight excluding hydrogens is 335 g/mol. The summed E-state index contributed by atoms with van der Waals surface area (Å²) in [5.41, 5.74) is 1.54. The molecule has 0 amide bonds. The zero-order valence-electron chi connectivity index (χ0n) is 13.1. The molecule has 0 saturated carbocycles. The molecule has 1 N–H and O–H groups in total. The molecule has 0 spiro atoms. The lowest BCUT2D eigenvalue weighted by Crippen LogP contribution is -1.95. The van der Waals surface area contributed by atoms with Gasteiger partial charge in [-0.2, -0.15) is 14.9 Å². The van der Waals surface area contributed by atoms with Crippen molar-refractivity contribution in [1.29, 1.82) is 0 Å². The van der Waals surface area contributed by atoms with Gasteiger partial charge in [0.05, 0.1) is 6.21 Å². The topological polar surface area (TPSA) is 46.0 Å². The number of nitrogens with one attached hydrogen (secondary N) is 1. The molecule has 4 rings (SSSR count). The molecule has 0 saturated heterocycles. The van der Waals surface area contributed by atoms with Crippen LogP contribution in [0.15, 0.2) is 71.8 Å². The molecule has 6 heteroatoms. The summed E-state index contributed by atoms with van der Waals surface area (Å²) in [6.07, 6.45) is 1.71. The molecule has 0 aliphatic carbocycles. The maximum Gasteiger partial charge on any atom is 0.216 e. The number of nitrogens with zero attached hydrogens (tertiary/aromatic N) is 3. The van der Waals surface area contributed by atoms with Crippen LogP contribution in [-0.4, -0.2) is 21.1 Å². The van der Waals surface area contributed by atoms with Crippen LogP contribution in [-0.2, 0) is 0 Å². The van der Waals surface area contributed by atoms with Crippen LogP contribution in [0.5, 0.6) is 0 Å². The van der Waals surface area contributed by atoms with Gasteiger partial charge in [0.1, 0.15) is 5.82 Å². The molecule has 0 aliphatic rings. The van der Waals surface area contributed by atoms with E-state index in [1.165, 1.54) is 22.2 Å². The molecule has 0 unspecified atom stereocenters. The highest BCUT2D eigenvalue weighted by Crippen LogP contribution is 2.19. The van der Waals surface area contributed by atoms with Crippen molar-refractivity contribution in [2.45, 2.75) is 0 Å². The summed E-state index contributed by atoms with van der Waals surface area (Å²) in [5, 5.41) is 13.6. The van der Waals surface area contributed by atoms with E-state index >= 15 is 0 Å². The first-order chi connectivity index (χ1) is 12.2. The Balaban J connectivity index is 1.74. The SMILES string of the molecule is Fc1cccc(-c2n[nH]c(=S)n2/N=C\c2ccc3ccccc3c2)c1. The number of aromatic amines is 1. The fourth-order valence-electron chi connectivity index (χ4n) is 2.63. The van der Waals surface area contributed by atoms with E-state index in [9.17, 15) is 4.39 Å². The number of rotatable bonds is 3. The molecule has 0 atom stereocenters. The quantitative estimate of drug-likeness (QED) is 0.428. The summed E-state index contributed by atoms with van der Waals surface area (Å²) in [6.45, 7) is 0. The summed E-state index contributed by atoms with van der Waals surface area (Å²) in [7, 11) is 0. The number of aromatic nitrogens is 3. The Bertz CT molecular complexity index is 1140. The Morgan fingerprint density at radius 1 is 1.00 bits per heavy atom. The van der Waals surface area contributed by atoms with Gasteiger partial charge in [-0.3, -0.25) is 0 Å². The van der Waals surface area contributed by atoms with E-state index in [1.54, 1.807) is 18.3 Å². The van der Waals surface area contributed by atoms with Gasteiger partial charge in [-0.05, 0) is 46.8 Å². The molecule has 3 aromatic carbocycles. The average molecular weight is 348 g/mol. The second-order valence-electron chi connectivity index (χ2n) is 5.53. The van der Waals surface area contributed by atoms with E-state index in [0.29, 0.717) is 16.2 Å². The number of fused-ring (bicyclic) bond motifs is 1. The molecule has 4 aromatic rings. The Hall–Kier alpha value is -3.12. The molecule has 0 bridgehead atoms. The zero-order valence-corrected chi connectivity index (χ0v) is 13.9. The smallest absolute Gasteiger partial charge is 0.216 e. The van der Waals surface area contributed by atoms with Gasteiger partial charge in [0, 0.05) is 5.56 Å². The van der Waals surface area contributed by atoms with Crippen molar-refractivity contribution in [2.24, 2.45) is 5.10 Å². The summed E-state index contributed by atoms with van der Waals surface area (Å²) in [4.78, 5) is 0. The third-order valence-electron chi connectivity index (χ3n) is 3.83. The van der Waals surface area contributed by atoms with Crippen molar-refractivity contribution < 1.29 is 4.39 Å². The summed E-state index contributed by atoms with van der Waals surface area (Å²) < 4.78 is 15.3. The fraction of sp³-hybridized carbons (Fsp3) is 0. The van der Waals surface area contributed by atoms with E-state index < -0.39 is 0 Å². The molecule has 0 radical (unpaired) electrons. The highest BCUT2D eigenvalue weighted by Gasteiger charge is 2.08. The monoisotopic (exact) mass is 348 g/mol. The van der Waals surface area contributed by atoms with E-state index in [0.717, 1.165) is 10.9 Å².